The molecule has 5 heteroatoms. The fraction of sp³-hybridized carbons (Fsp3) is 0.333. The van der Waals surface area contributed by atoms with Crippen LogP contribution in [-0.4, -0.2) is 30.4 Å². The quantitative estimate of drug-likeness (QED) is 0.759. The normalized spacial score (nSPS) is 15.2. The summed E-state index contributed by atoms with van der Waals surface area (Å²) in [6.07, 6.45) is 1.14. The fourth-order valence-corrected chi connectivity index (χ4v) is 2.03. The molecule has 0 N–H and O–H groups in total. The van der Waals surface area contributed by atoms with Crippen LogP contribution < -0.4 is 4.74 Å². The van der Waals surface area contributed by atoms with Crippen molar-refractivity contribution in [3.05, 3.63) is 28.8 Å². The monoisotopic (exact) mass is 253 g/mol. The van der Waals surface area contributed by atoms with Gasteiger partial charge in [-0.2, -0.15) is 0 Å². The molecule has 0 spiro atoms. The topological polar surface area (TPSA) is 46.6 Å². The third-order valence-corrected chi connectivity index (χ3v) is 2.95. The molecule has 0 aliphatic carbocycles. The molecule has 1 fully saturated rings. The van der Waals surface area contributed by atoms with Gasteiger partial charge in [0.1, 0.15) is 5.75 Å². The number of carbonyl (C=O) groups excluding carboxylic acids is 2. The minimum absolute atomic E-state index is 0.142. The van der Waals surface area contributed by atoms with Crippen LogP contribution in [0.2, 0.25) is 5.02 Å². The summed E-state index contributed by atoms with van der Waals surface area (Å²) < 4.78 is 5.10. The number of amides is 2. The molecule has 2 amide bonds. The Labute approximate surface area is 104 Å². The number of methoxy groups -OCH3 is 1. The molecule has 0 aromatic heterocycles. The van der Waals surface area contributed by atoms with Crippen molar-refractivity contribution in [3.63, 3.8) is 0 Å². The van der Waals surface area contributed by atoms with Crippen molar-refractivity contribution in [3.8, 4) is 5.75 Å². The van der Waals surface area contributed by atoms with Crippen molar-refractivity contribution in [1.82, 2.24) is 4.90 Å². The Morgan fingerprint density at radius 3 is 2.82 bits per heavy atom. The molecule has 90 valence electrons. The van der Waals surface area contributed by atoms with Crippen LogP contribution in [-0.2, 0) is 4.79 Å². The summed E-state index contributed by atoms with van der Waals surface area (Å²) in [5, 5.41) is 0.445. The van der Waals surface area contributed by atoms with Crippen molar-refractivity contribution in [2.45, 2.75) is 12.8 Å². The predicted molar refractivity (Wildman–Crippen MR) is 63.3 cm³/mol. The molecule has 0 radical (unpaired) electrons. The van der Waals surface area contributed by atoms with E-state index in [1.54, 1.807) is 12.1 Å². The van der Waals surface area contributed by atoms with Crippen molar-refractivity contribution in [1.29, 1.82) is 0 Å². The van der Waals surface area contributed by atoms with Gasteiger partial charge in [0.05, 0.1) is 12.7 Å². The van der Waals surface area contributed by atoms with E-state index in [0.717, 1.165) is 0 Å². The van der Waals surface area contributed by atoms with Gasteiger partial charge in [0.2, 0.25) is 5.91 Å². The van der Waals surface area contributed by atoms with Gasteiger partial charge in [-0.15, -0.1) is 0 Å². The van der Waals surface area contributed by atoms with Crippen LogP contribution >= 0.6 is 11.6 Å². The SMILES string of the molecule is COc1ccc(Cl)cc1C(=O)N1CCCC1=O. The van der Waals surface area contributed by atoms with E-state index in [1.807, 2.05) is 0 Å². The Kier molecular flexibility index (Phi) is 3.33. The Morgan fingerprint density at radius 2 is 2.24 bits per heavy atom. The number of hydrogen-bond donors (Lipinski definition) is 0. The Bertz CT molecular complexity index is 473. The van der Waals surface area contributed by atoms with Gasteiger partial charge in [0, 0.05) is 18.0 Å². The Morgan fingerprint density at radius 1 is 1.47 bits per heavy atom. The van der Waals surface area contributed by atoms with Crippen LogP contribution in [0.3, 0.4) is 0 Å². The van der Waals surface area contributed by atoms with Crippen LogP contribution in [0.5, 0.6) is 5.75 Å². The first-order valence-electron chi connectivity index (χ1n) is 5.31. The third kappa shape index (κ3) is 2.26. The number of imide groups is 1. The van der Waals surface area contributed by atoms with E-state index in [9.17, 15) is 9.59 Å². The van der Waals surface area contributed by atoms with E-state index in [-0.39, 0.29) is 11.8 Å². The zero-order valence-electron chi connectivity index (χ0n) is 9.40. The number of benzene rings is 1. The molecule has 2 rings (SSSR count). The molecular weight excluding hydrogens is 242 g/mol. The molecule has 1 aromatic rings. The van der Waals surface area contributed by atoms with Crippen LogP contribution in [0, 0.1) is 0 Å². The van der Waals surface area contributed by atoms with E-state index in [2.05, 4.69) is 0 Å². The summed E-state index contributed by atoms with van der Waals surface area (Å²) in [5.41, 5.74) is 0.329. The van der Waals surface area contributed by atoms with Gasteiger partial charge in [0.25, 0.3) is 5.91 Å². The van der Waals surface area contributed by atoms with Crippen molar-refractivity contribution < 1.29 is 14.3 Å². The molecule has 0 bridgehead atoms. The van der Waals surface area contributed by atoms with Gasteiger partial charge in [0.15, 0.2) is 0 Å². The summed E-state index contributed by atoms with van der Waals surface area (Å²) >= 11 is 5.85. The van der Waals surface area contributed by atoms with Gasteiger partial charge in [-0.3, -0.25) is 14.5 Å². The molecule has 0 saturated carbocycles. The zero-order chi connectivity index (χ0) is 12.4. The molecule has 0 atom stereocenters. The second-order valence-electron chi connectivity index (χ2n) is 3.80. The fourth-order valence-electron chi connectivity index (χ4n) is 1.86. The Hall–Kier alpha value is -1.55. The first-order valence-corrected chi connectivity index (χ1v) is 5.69. The molecular formula is C12H12ClNO3. The highest BCUT2D eigenvalue weighted by molar-refractivity contribution is 6.31. The molecule has 1 aliphatic heterocycles. The summed E-state index contributed by atoms with van der Waals surface area (Å²) in [5.74, 6) is -0.0528. The third-order valence-electron chi connectivity index (χ3n) is 2.71. The largest absolute Gasteiger partial charge is 0.496 e. The minimum atomic E-state index is -0.341. The van der Waals surface area contributed by atoms with Crippen molar-refractivity contribution in [2.75, 3.05) is 13.7 Å². The Balaban J connectivity index is 2.35. The van der Waals surface area contributed by atoms with E-state index in [1.165, 1.54) is 18.1 Å². The summed E-state index contributed by atoms with van der Waals surface area (Å²) in [6, 6.07) is 4.79. The maximum Gasteiger partial charge on any atom is 0.264 e. The van der Waals surface area contributed by atoms with Gasteiger partial charge in [-0.1, -0.05) is 11.6 Å². The van der Waals surface area contributed by atoms with E-state index in [4.69, 9.17) is 16.3 Å². The second kappa shape index (κ2) is 4.75. The van der Waals surface area contributed by atoms with Crippen molar-refractivity contribution in [2.24, 2.45) is 0 Å². The van der Waals surface area contributed by atoms with E-state index in [0.29, 0.717) is 35.7 Å². The minimum Gasteiger partial charge on any atom is -0.496 e. The van der Waals surface area contributed by atoms with Crippen LogP contribution in [0.1, 0.15) is 23.2 Å². The number of hydrogen-bond acceptors (Lipinski definition) is 3. The molecule has 1 aliphatic rings. The average molecular weight is 254 g/mol. The average Bonchev–Trinajstić information content (AvgIpc) is 2.74. The smallest absolute Gasteiger partial charge is 0.264 e. The standard InChI is InChI=1S/C12H12ClNO3/c1-17-10-5-4-8(13)7-9(10)12(16)14-6-2-3-11(14)15/h4-5,7H,2-3,6H2,1H3. The number of carbonyl (C=O) groups is 2. The highest BCUT2D eigenvalue weighted by Crippen LogP contribution is 2.25. The summed E-state index contributed by atoms with van der Waals surface area (Å²) in [6.45, 7) is 0.466. The first kappa shape index (κ1) is 11.9. The zero-order valence-corrected chi connectivity index (χ0v) is 10.2. The lowest BCUT2D eigenvalue weighted by molar-refractivity contribution is -0.125. The molecule has 1 saturated heterocycles. The number of likely N-dealkylation sites (tertiary alicyclic amines) is 1. The summed E-state index contributed by atoms with van der Waals surface area (Å²) in [4.78, 5) is 24.9. The van der Waals surface area contributed by atoms with Crippen LogP contribution in [0.4, 0.5) is 0 Å². The van der Waals surface area contributed by atoms with Gasteiger partial charge in [-0.25, -0.2) is 0 Å². The van der Waals surface area contributed by atoms with E-state index < -0.39 is 0 Å². The lowest BCUT2D eigenvalue weighted by atomic mass is 10.1. The number of ether oxygens (including phenoxy) is 1. The molecule has 1 heterocycles. The lowest BCUT2D eigenvalue weighted by Gasteiger charge is -2.15. The van der Waals surface area contributed by atoms with Gasteiger partial charge < -0.3 is 4.74 Å². The summed E-state index contributed by atoms with van der Waals surface area (Å²) in [7, 11) is 1.48. The second-order valence-corrected chi connectivity index (χ2v) is 4.24. The maximum absolute atomic E-state index is 12.2. The van der Waals surface area contributed by atoms with Gasteiger partial charge >= 0.3 is 0 Å². The molecule has 17 heavy (non-hydrogen) atoms. The predicted octanol–water partition coefficient (Wildman–Crippen LogP) is 2.11. The van der Waals surface area contributed by atoms with Crippen LogP contribution in [0.15, 0.2) is 18.2 Å². The van der Waals surface area contributed by atoms with E-state index >= 15 is 0 Å². The first-order chi connectivity index (χ1) is 8.13. The number of rotatable bonds is 2. The highest BCUT2D eigenvalue weighted by Gasteiger charge is 2.29. The highest BCUT2D eigenvalue weighted by atomic mass is 35.5. The number of nitrogens with zero attached hydrogens (tertiary/aromatic N) is 1. The molecule has 0 unspecified atom stereocenters. The van der Waals surface area contributed by atoms with Crippen LogP contribution in [0.25, 0.3) is 0 Å². The maximum atomic E-state index is 12.2. The van der Waals surface area contributed by atoms with Gasteiger partial charge in [-0.05, 0) is 24.6 Å². The lowest BCUT2D eigenvalue weighted by Crippen LogP contribution is -2.32. The molecule has 4 nitrogen and oxygen atoms in total. The van der Waals surface area contributed by atoms with Crippen molar-refractivity contribution >= 4 is 23.4 Å². The number of halogens is 1. The molecule has 1 aromatic carbocycles.